The van der Waals surface area contributed by atoms with Gasteiger partial charge in [0.1, 0.15) is 28.9 Å². The summed E-state index contributed by atoms with van der Waals surface area (Å²) in [5.41, 5.74) is 3.65. The highest BCUT2D eigenvalue weighted by Crippen LogP contribution is 2.45. The minimum Gasteiger partial charge on any atom is -0.507 e. The van der Waals surface area contributed by atoms with E-state index in [4.69, 9.17) is 9.47 Å². The molecule has 6 heteroatoms. The number of fused-ring (bicyclic) bond motifs is 1. The SMILES string of the molecule is COc1cc([C@@H]2CC(=O)c3c(cc(O)c(CC/C=C(\C)CCC=C(C)C)c3O)O2)ccc1O. The first-order valence-corrected chi connectivity index (χ1v) is 11.1. The number of hydrogen-bond acceptors (Lipinski definition) is 6. The van der Waals surface area contributed by atoms with Gasteiger partial charge in [-0.15, -0.1) is 0 Å². The van der Waals surface area contributed by atoms with Crippen molar-refractivity contribution in [2.75, 3.05) is 7.11 Å². The molecular formula is C27H32O6. The molecule has 0 spiro atoms. The molecule has 0 radical (unpaired) electrons. The van der Waals surface area contributed by atoms with Crippen molar-refractivity contribution in [3.05, 3.63) is 64.3 Å². The van der Waals surface area contributed by atoms with Gasteiger partial charge in [0, 0.05) is 11.6 Å². The average Bonchev–Trinajstić information content (AvgIpc) is 2.75. The van der Waals surface area contributed by atoms with Gasteiger partial charge in [0.05, 0.1) is 13.5 Å². The Morgan fingerprint density at radius 3 is 2.55 bits per heavy atom. The summed E-state index contributed by atoms with van der Waals surface area (Å²) in [4.78, 5) is 12.9. The van der Waals surface area contributed by atoms with Crippen LogP contribution in [0.4, 0.5) is 0 Å². The number of ketones is 1. The Bertz CT molecular complexity index is 1090. The van der Waals surface area contributed by atoms with Crippen LogP contribution in [-0.2, 0) is 6.42 Å². The summed E-state index contributed by atoms with van der Waals surface area (Å²) in [6.45, 7) is 6.23. The quantitative estimate of drug-likeness (QED) is 0.416. The number of allylic oxidation sites excluding steroid dienone is 4. The third kappa shape index (κ3) is 5.69. The lowest BCUT2D eigenvalue weighted by Gasteiger charge is -2.27. The lowest BCUT2D eigenvalue weighted by Crippen LogP contribution is -2.21. The normalized spacial score (nSPS) is 15.6. The van der Waals surface area contributed by atoms with Crippen molar-refractivity contribution >= 4 is 5.78 Å². The van der Waals surface area contributed by atoms with Gasteiger partial charge < -0.3 is 24.8 Å². The fraction of sp³-hybridized carbons (Fsp3) is 0.370. The van der Waals surface area contributed by atoms with Crippen LogP contribution in [0.3, 0.4) is 0 Å². The summed E-state index contributed by atoms with van der Waals surface area (Å²) < 4.78 is 11.1. The van der Waals surface area contributed by atoms with E-state index in [0.29, 0.717) is 24.0 Å². The van der Waals surface area contributed by atoms with E-state index in [1.165, 1.54) is 30.4 Å². The van der Waals surface area contributed by atoms with E-state index in [2.05, 4.69) is 32.9 Å². The maximum Gasteiger partial charge on any atom is 0.174 e. The summed E-state index contributed by atoms with van der Waals surface area (Å²) in [5.74, 6) is -0.161. The zero-order valence-electron chi connectivity index (χ0n) is 19.6. The lowest BCUT2D eigenvalue weighted by molar-refractivity contribution is 0.0844. The molecule has 3 N–H and O–H groups in total. The molecule has 1 aliphatic heterocycles. The molecule has 2 aromatic carbocycles. The summed E-state index contributed by atoms with van der Waals surface area (Å²) in [6.07, 6.45) is 6.72. The van der Waals surface area contributed by atoms with Gasteiger partial charge in [-0.1, -0.05) is 29.4 Å². The predicted octanol–water partition coefficient (Wildman–Crippen LogP) is 6.14. The Morgan fingerprint density at radius 1 is 1.09 bits per heavy atom. The zero-order valence-corrected chi connectivity index (χ0v) is 19.6. The Labute approximate surface area is 194 Å². The molecule has 0 bridgehead atoms. The molecule has 0 saturated carbocycles. The van der Waals surface area contributed by atoms with Crippen molar-refractivity contribution in [2.45, 2.75) is 59.0 Å². The third-order valence-corrected chi connectivity index (χ3v) is 5.82. The van der Waals surface area contributed by atoms with Crippen molar-refractivity contribution in [1.82, 2.24) is 0 Å². The van der Waals surface area contributed by atoms with Crippen LogP contribution in [0.25, 0.3) is 0 Å². The van der Waals surface area contributed by atoms with Crippen molar-refractivity contribution in [2.24, 2.45) is 0 Å². The van der Waals surface area contributed by atoms with E-state index in [1.54, 1.807) is 12.1 Å². The second-order valence-corrected chi connectivity index (χ2v) is 8.67. The summed E-state index contributed by atoms with van der Waals surface area (Å²) in [5, 5.41) is 31.1. The topological polar surface area (TPSA) is 96.2 Å². The lowest BCUT2D eigenvalue weighted by atomic mass is 9.92. The molecule has 0 aromatic heterocycles. The zero-order chi connectivity index (χ0) is 24.1. The molecule has 0 fully saturated rings. The largest absolute Gasteiger partial charge is 0.507 e. The molecule has 0 unspecified atom stereocenters. The van der Waals surface area contributed by atoms with E-state index in [0.717, 1.165) is 12.8 Å². The van der Waals surface area contributed by atoms with E-state index >= 15 is 0 Å². The van der Waals surface area contributed by atoms with Crippen LogP contribution in [0.5, 0.6) is 28.7 Å². The van der Waals surface area contributed by atoms with Gasteiger partial charge in [-0.25, -0.2) is 0 Å². The third-order valence-electron chi connectivity index (χ3n) is 5.82. The number of methoxy groups -OCH3 is 1. The summed E-state index contributed by atoms with van der Waals surface area (Å²) >= 11 is 0. The molecular weight excluding hydrogens is 420 g/mol. The number of carbonyl (C=O) groups excluding carboxylic acids is 1. The van der Waals surface area contributed by atoms with Gasteiger partial charge >= 0.3 is 0 Å². The smallest absolute Gasteiger partial charge is 0.174 e. The van der Waals surface area contributed by atoms with E-state index in [1.807, 2.05) is 0 Å². The molecule has 176 valence electrons. The fourth-order valence-electron chi connectivity index (χ4n) is 3.98. The highest BCUT2D eigenvalue weighted by molar-refractivity contribution is 6.03. The second-order valence-electron chi connectivity index (χ2n) is 8.67. The highest BCUT2D eigenvalue weighted by atomic mass is 16.5. The number of Topliss-reactive ketones (excluding diaryl/α,β-unsaturated/α-hetero) is 1. The first-order chi connectivity index (χ1) is 15.7. The van der Waals surface area contributed by atoms with Crippen LogP contribution in [0, 0.1) is 0 Å². The minimum absolute atomic E-state index is 0.00931. The number of carbonyl (C=O) groups is 1. The van der Waals surface area contributed by atoms with E-state index in [9.17, 15) is 20.1 Å². The number of phenols is 3. The van der Waals surface area contributed by atoms with Gasteiger partial charge in [-0.3, -0.25) is 4.79 Å². The minimum atomic E-state index is -0.615. The highest BCUT2D eigenvalue weighted by Gasteiger charge is 2.33. The van der Waals surface area contributed by atoms with Gasteiger partial charge in [0.2, 0.25) is 0 Å². The van der Waals surface area contributed by atoms with Crippen molar-refractivity contribution in [1.29, 1.82) is 0 Å². The Hall–Kier alpha value is -3.41. The van der Waals surface area contributed by atoms with Crippen LogP contribution in [0.15, 0.2) is 47.6 Å². The molecule has 0 aliphatic carbocycles. The molecule has 1 atom stereocenters. The molecule has 2 aromatic rings. The van der Waals surface area contributed by atoms with Gasteiger partial charge in [0.15, 0.2) is 17.3 Å². The van der Waals surface area contributed by atoms with Crippen LogP contribution in [0.1, 0.15) is 74.0 Å². The molecule has 3 rings (SSSR count). The maximum atomic E-state index is 12.9. The summed E-state index contributed by atoms with van der Waals surface area (Å²) in [7, 11) is 1.44. The van der Waals surface area contributed by atoms with Gasteiger partial charge in [-0.05, 0) is 64.2 Å². The average molecular weight is 453 g/mol. The van der Waals surface area contributed by atoms with Crippen LogP contribution in [-0.4, -0.2) is 28.2 Å². The number of aromatic hydroxyl groups is 3. The number of ether oxygens (including phenoxy) is 2. The van der Waals surface area contributed by atoms with Crippen molar-refractivity contribution < 1.29 is 29.6 Å². The predicted molar refractivity (Wildman–Crippen MR) is 127 cm³/mol. The standard InChI is InChI=1S/C27H32O6/c1-16(2)7-5-8-17(3)9-6-10-19-21(29)14-25-26(27(19)31)22(30)15-23(33-25)18-11-12-20(28)24(13-18)32-4/h7,9,11-14,23,28-29,31H,5-6,8,10,15H2,1-4H3/b17-9+/t23-/m0/s1. The van der Waals surface area contributed by atoms with E-state index < -0.39 is 6.10 Å². The number of hydrogen-bond donors (Lipinski definition) is 3. The van der Waals surface area contributed by atoms with Crippen LogP contribution >= 0.6 is 0 Å². The van der Waals surface area contributed by atoms with Crippen LogP contribution in [0.2, 0.25) is 0 Å². The van der Waals surface area contributed by atoms with Crippen molar-refractivity contribution in [3.8, 4) is 28.7 Å². The molecule has 1 heterocycles. The molecule has 33 heavy (non-hydrogen) atoms. The molecule has 6 nitrogen and oxygen atoms in total. The second kappa shape index (κ2) is 10.5. The Kier molecular flexibility index (Phi) is 7.69. The Balaban J connectivity index is 1.77. The molecule has 1 aliphatic rings. The summed E-state index contributed by atoms with van der Waals surface area (Å²) in [6, 6.07) is 6.14. The van der Waals surface area contributed by atoms with E-state index in [-0.39, 0.29) is 46.5 Å². The maximum absolute atomic E-state index is 12.9. The van der Waals surface area contributed by atoms with Gasteiger partial charge in [-0.2, -0.15) is 0 Å². The number of benzene rings is 2. The van der Waals surface area contributed by atoms with Crippen LogP contribution < -0.4 is 9.47 Å². The van der Waals surface area contributed by atoms with Gasteiger partial charge in [0.25, 0.3) is 0 Å². The molecule has 0 amide bonds. The number of rotatable bonds is 8. The number of phenolic OH excluding ortho intramolecular Hbond substituents is 3. The fourth-order valence-corrected chi connectivity index (χ4v) is 3.98. The Morgan fingerprint density at radius 2 is 1.85 bits per heavy atom. The monoisotopic (exact) mass is 452 g/mol. The first-order valence-electron chi connectivity index (χ1n) is 11.1. The molecule has 0 saturated heterocycles. The first kappa shape index (κ1) is 24.2. The van der Waals surface area contributed by atoms with Crippen molar-refractivity contribution in [3.63, 3.8) is 0 Å².